The molecule has 0 radical (unpaired) electrons. The van der Waals surface area contributed by atoms with Gasteiger partial charge in [0.05, 0.1) is 7.11 Å². The van der Waals surface area contributed by atoms with E-state index in [4.69, 9.17) is 4.74 Å². The number of rotatable bonds is 6. The van der Waals surface area contributed by atoms with E-state index in [1.807, 2.05) is 36.5 Å². The molecule has 0 spiro atoms. The number of nitrogens with one attached hydrogen (secondary N) is 1. The Hall–Kier alpha value is -2.80. The molecule has 3 heterocycles. The number of ether oxygens (including phenoxy) is 1. The fraction of sp³-hybridized carbons (Fsp3) is 0.381. The Morgan fingerprint density at radius 2 is 2.04 bits per heavy atom. The molecule has 1 aliphatic heterocycles. The number of aromatic nitrogens is 3. The van der Waals surface area contributed by atoms with Crippen molar-refractivity contribution in [1.82, 2.24) is 20.1 Å². The molecule has 1 aromatic carbocycles. The first kappa shape index (κ1) is 18.6. The number of fused-ring (bicyclic) bond motifs is 1. The zero-order valence-electron chi connectivity index (χ0n) is 15.9. The Morgan fingerprint density at radius 3 is 2.82 bits per heavy atom. The molecule has 4 rings (SSSR count). The lowest BCUT2D eigenvalue weighted by atomic mass is 10.0. The molecule has 1 unspecified atom stereocenters. The molecule has 1 saturated heterocycles. The molecule has 0 bridgehead atoms. The van der Waals surface area contributed by atoms with Crippen molar-refractivity contribution in [3.8, 4) is 17.0 Å². The van der Waals surface area contributed by atoms with Gasteiger partial charge in [-0.15, -0.1) is 10.2 Å². The van der Waals surface area contributed by atoms with E-state index in [0.717, 1.165) is 59.5 Å². The van der Waals surface area contributed by atoms with Crippen LogP contribution in [0.15, 0.2) is 42.7 Å². The number of alkyl halides is 1. The second-order valence-electron chi connectivity index (χ2n) is 7.02. The highest BCUT2D eigenvalue weighted by Gasteiger charge is 2.21. The Morgan fingerprint density at radius 1 is 1.18 bits per heavy atom. The fourth-order valence-electron chi connectivity index (χ4n) is 3.76. The number of hydrogen-bond acceptors (Lipinski definition) is 6. The van der Waals surface area contributed by atoms with Crippen molar-refractivity contribution in [2.45, 2.75) is 18.9 Å². The van der Waals surface area contributed by atoms with Gasteiger partial charge in [-0.1, -0.05) is 0 Å². The third-order valence-electron chi connectivity index (χ3n) is 5.19. The van der Waals surface area contributed by atoms with Gasteiger partial charge < -0.3 is 10.1 Å². The monoisotopic (exact) mass is 381 g/mol. The lowest BCUT2D eigenvalue weighted by molar-refractivity contribution is 0.200. The summed E-state index contributed by atoms with van der Waals surface area (Å²) >= 11 is 0. The zero-order valence-corrected chi connectivity index (χ0v) is 15.9. The molecule has 28 heavy (non-hydrogen) atoms. The Labute approximate surface area is 163 Å². The molecule has 1 N–H and O–H groups in total. The summed E-state index contributed by atoms with van der Waals surface area (Å²) in [6.45, 7) is 1.94. The van der Waals surface area contributed by atoms with Gasteiger partial charge in [0.2, 0.25) is 0 Å². The van der Waals surface area contributed by atoms with E-state index >= 15 is 0 Å². The number of pyridine rings is 1. The maximum absolute atomic E-state index is 12.7. The minimum Gasteiger partial charge on any atom is -0.497 e. The minimum absolute atomic E-state index is 0.227. The summed E-state index contributed by atoms with van der Waals surface area (Å²) in [4.78, 5) is 6.44. The molecule has 0 saturated carbocycles. The van der Waals surface area contributed by atoms with Gasteiger partial charge >= 0.3 is 0 Å². The summed E-state index contributed by atoms with van der Waals surface area (Å²) in [7, 11) is 1.65. The molecule has 0 amide bonds. The van der Waals surface area contributed by atoms with E-state index in [1.54, 1.807) is 13.3 Å². The highest BCUT2D eigenvalue weighted by Crippen LogP contribution is 2.30. The lowest BCUT2D eigenvalue weighted by Gasteiger charge is -2.32. The number of hydrogen-bond donors (Lipinski definition) is 1. The maximum atomic E-state index is 12.7. The smallest absolute Gasteiger partial charge is 0.158 e. The molecule has 146 valence electrons. The van der Waals surface area contributed by atoms with Gasteiger partial charge in [-0.05, 0) is 49.7 Å². The summed E-state index contributed by atoms with van der Waals surface area (Å²) in [5.74, 6) is 1.53. The Kier molecular flexibility index (Phi) is 5.62. The van der Waals surface area contributed by atoms with Crippen molar-refractivity contribution in [3.63, 3.8) is 0 Å². The summed E-state index contributed by atoms with van der Waals surface area (Å²) in [6, 6.07) is 9.97. The zero-order chi connectivity index (χ0) is 19.3. The predicted octanol–water partition coefficient (Wildman–Crippen LogP) is 3.55. The van der Waals surface area contributed by atoms with Crippen LogP contribution in [0, 0.1) is 0 Å². The quantitative estimate of drug-likeness (QED) is 0.705. The Bertz CT molecular complexity index is 932. The predicted molar refractivity (Wildman–Crippen MR) is 108 cm³/mol. The number of nitrogens with zero attached hydrogens (tertiary/aromatic N) is 4. The topological polar surface area (TPSA) is 63.2 Å². The first-order valence-electron chi connectivity index (χ1n) is 9.58. The number of anilines is 1. The van der Waals surface area contributed by atoms with Crippen LogP contribution in [-0.4, -0.2) is 59.5 Å². The van der Waals surface area contributed by atoms with E-state index in [2.05, 4.69) is 25.4 Å². The van der Waals surface area contributed by atoms with E-state index in [9.17, 15) is 4.39 Å². The van der Waals surface area contributed by atoms with Gasteiger partial charge in [-0.25, -0.2) is 4.39 Å². The van der Waals surface area contributed by atoms with Gasteiger partial charge in [0.1, 0.15) is 18.1 Å². The second-order valence-corrected chi connectivity index (χ2v) is 7.02. The van der Waals surface area contributed by atoms with Crippen LogP contribution in [0.25, 0.3) is 22.0 Å². The van der Waals surface area contributed by atoms with Gasteiger partial charge in [-0.3, -0.25) is 9.88 Å². The van der Waals surface area contributed by atoms with Gasteiger partial charge in [0.25, 0.3) is 0 Å². The fourth-order valence-corrected chi connectivity index (χ4v) is 3.76. The SMILES string of the molecule is COc1ccc(-c2nnc(NC3CCCN(CCF)C3)c3cnccc23)cc1. The molecule has 7 heteroatoms. The van der Waals surface area contributed by atoms with Crippen LogP contribution in [0.1, 0.15) is 12.8 Å². The Balaban J connectivity index is 1.64. The van der Waals surface area contributed by atoms with E-state index in [0.29, 0.717) is 6.54 Å². The van der Waals surface area contributed by atoms with Crippen molar-refractivity contribution >= 4 is 16.6 Å². The normalized spacial score (nSPS) is 17.6. The molecule has 2 aromatic heterocycles. The van der Waals surface area contributed by atoms with Crippen LogP contribution in [-0.2, 0) is 0 Å². The maximum Gasteiger partial charge on any atom is 0.158 e. The molecule has 3 aromatic rings. The summed E-state index contributed by atoms with van der Waals surface area (Å²) in [5.41, 5.74) is 1.79. The highest BCUT2D eigenvalue weighted by molar-refractivity contribution is 5.99. The van der Waals surface area contributed by atoms with Crippen molar-refractivity contribution in [2.75, 3.05) is 38.7 Å². The van der Waals surface area contributed by atoms with Crippen molar-refractivity contribution in [1.29, 1.82) is 0 Å². The molecular formula is C21H24FN5O. The van der Waals surface area contributed by atoms with Crippen LogP contribution in [0.4, 0.5) is 10.2 Å². The van der Waals surface area contributed by atoms with E-state index in [-0.39, 0.29) is 12.7 Å². The number of methoxy groups -OCH3 is 1. The minimum atomic E-state index is -0.310. The third kappa shape index (κ3) is 3.89. The van der Waals surface area contributed by atoms with Crippen LogP contribution in [0.5, 0.6) is 5.75 Å². The molecule has 1 aliphatic rings. The lowest BCUT2D eigenvalue weighted by Crippen LogP contribution is -2.43. The van der Waals surface area contributed by atoms with Gasteiger partial charge in [-0.2, -0.15) is 0 Å². The number of likely N-dealkylation sites (tertiary alicyclic amines) is 1. The van der Waals surface area contributed by atoms with Crippen LogP contribution >= 0.6 is 0 Å². The molecule has 6 nitrogen and oxygen atoms in total. The second kappa shape index (κ2) is 8.48. The number of benzene rings is 1. The van der Waals surface area contributed by atoms with Crippen molar-refractivity contribution in [3.05, 3.63) is 42.7 Å². The molecule has 0 aliphatic carbocycles. The van der Waals surface area contributed by atoms with Crippen LogP contribution in [0.3, 0.4) is 0 Å². The summed E-state index contributed by atoms with van der Waals surface area (Å²) in [6.07, 6.45) is 5.67. The van der Waals surface area contributed by atoms with Crippen molar-refractivity contribution < 1.29 is 9.13 Å². The first-order valence-corrected chi connectivity index (χ1v) is 9.58. The van der Waals surface area contributed by atoms with E-state index < -0.39 is 0 Å². The highest BCUT2D eigenvalue weighted by atomic mass is 19.1. The average molecular weight is 381 g/mol. The number of halogens is 1. The number of piperidine rings is 1. The van der Waals surface area contributed by atoms with Crippen LogP contribution in [0.2, 0.25) is 0 Å². The van der Waals surface area contributed by atoms with E-state index in [1.165, 1.54) is 0 Å². The third-order valence-corrected chi connectivity index (χ3v) is 5.19. The summed E-state index contributed by atoms with van der Waals surface area (Å²) < 4.78 is 17.9. The van der Waals surface area contributed by atoms with Gasteiger partial charge in [0, 0.05) is 47.9 Å². The average Bonchev–Trinajstić information content (AvgIpc) is 2.75. The van der Waals surface area contributed by atoms with Crippen LogP contribution < -0.4 is 10.1 Å². The molecule has 1 atom stereocenters. The molecule has 1 fully saturated rings. The standard InChI is InChI=1S/C21H24FN5O/c1-28-17-6-4-15(5-7-17)20-18-8-10-23-13-19(18)21(26-25-20)24-16-3-2-11-27(14-16)12-9-22/h4-8,10,13,16H,2-3,9,11-12,14H2,1H3,(H,24,26). The molecular weight excluding hydrogens is 357 g/mol. The summed E-state index contributed by atoms with van der Waals surface area (Å²) in [5, 5.41) is 14.4. The first-order chi connectivity index (χ1) is 13.8. The van der Waals surface area contributed by atoms with Gasteiger partial charge in [0.15, 0.2) is 5.82 Å². The largest absolute Gasteiger partial charge is 0.497 e. The van der Waals surface area contributed by atoms with Crippen molar-refractivity contribution in [2.24, 2.45) is 0 Å².